The molecule has 0 radical (unpaired) electrons. The van der Waals surface area contributed by atoms with E-state index in [0.717, 1.165) is 11.1 Å². The van der Waals surface area contributed by atoms with Crippen molar-refractivity contribution in [2.75, 3.05) is 6.61 Å². The topological polar surface area (TPSA) is 58.9 Å². The predicted molar refractivity (Wildman–Crippen MR) is 112 cm³/mol. The Labute approximate surface area is 169 Å². The second-order valence-electron chi connectivity index (χ2n) is 8.10. The SMILES string of the molecule is C[C@@H](OCc1ccccc1)[C@@H](O)C[C@H](O)C(C)(C)CCOCc1ccccc1. The van der Waals surface area contributed by atoms with Crippen LogP contribution in [-0.2, 0) is 22.7 Å². The molecule has 0 aliphatic heterocycles. The van der Waals surface area contributed by atoms with Gasteiger partial charge in [-0.25, -0.2) is 0 Å². The van der Waals surface area contributed by atoms with Crippen LogP contribution in [0.5, 0.6) is 0 Å². The van der Waals surface area contributed by atoms with Crippen molar-refractivity contribution < 1.29 is 19.7 Å². The number of rotatable bonds is 12. The number of ether oxygens (including phenoxy) is 2. The van der Waals surface area contributed by atoms with Gasteiger partial charge < -0.3 is 19.7 Å². The molecule has 0 spiro atoms. The molecule has 154 valence electrons. The van der Waals surface area contributed by atoms with Gasteiger partial charge in [-0.05, 0) is 29.9 Å². The first-order valence-corrected chi connectivity index (χ1v) is 10.0. The summed E-state index contributed by atoms with van der Waals surface area (Å²) in [6, 6.07) is 19.9. The molecule has 2 N–H and O–H groups in total. The standard InChI is InChI=1S/C24H34O4/c1-19(28-18-21-12-8-5-9-13-21)22(25)16-23(26)24(2,3)14-15-27-17-20-10-6-4-7-11-20/h4-13,19,22-23,25-26H,14-18H2,1-3H3/t19-,22+,23+/m1/s1. The van der Waals surface area contributed by atoms with Crippen LogP contribution in [0.2, 0.25) is 0 Å². The van der Waals surface area contributed by atoms with Gasteiger partial charge in [0.25, 0.3) is 0 Å². The Bertz CT molecular complexity index is 657. The molecule has 3 atom stereocenters. The first-order valence-electron chi connectivity index (χ1n) is 10.0. The van der Waals surface area contributed by atoms with Gasteiger partial charge >= 0.3 is 0 Å². The molecular formula is C24H34O4. The molecule has 0 unspecified atom stereocenters. The number of aliphatic hydroxyl groups excluding tert-OH is 2. The van der Waals surface area contributed by atoms with E-state index < -0.39 is 12.2 Å². The fourth-order valence-electron chi connectivity index (χ4n) is 2.92. The summed E-state index contributed by atoms with van der Waals surface area (Å²) in [7, 11) is 0. The van der Waals surface area contributed by atoms with E-state index in [1.54, 1.807) is 0 Å². The van der Waals surface area contributed by atoms with Gasteiger partial charge in [-0.1, -0.05) is 74.5 Å². The van der Waals surface area contributed by atoms with Crippen molar-refractivity contribution in [1.29, 1.82) is 0 Å². The number of aliphatic hydroxyl groups is 2. The van der Waals surface area contributed by atoms with E-state index in [2.05, 4.69) is 0 Å². The minimum absolute atomic E-state index is 0.279. The Hall–Kier alpha value is -1.72. The lowest BCUT2D eigenvalue weighted by Crippen LogP contribution is -2.37. The Morgan fingerprint density at radius 3 is 1.96 bits per heavy atom. The van der Waals surface area contributed by atoms with E-state index in [1.807, 2.05) is 81.4 Å². The van der Waals surface area contributed by atoms with Crippen LogP contribution in [0.15, 0.2) is 60.7 Å². The monoisotopic (exact) mass is 386 g/mol. The molecule has 28 heavy (non-hydrogen) atoms. The Morgan fingerprint density at radius 2 is 1.39 bits per heavy atom. The van der Waals surface area contributed by atoms with Crippen LogP contribution in [0, 0.1) is 5.41 Å². The highest BCUT2D eigenvalue weighted by Gasteiger charge is 2.31. The number of hydrogen-bond acceptors (Lipinski definition) is 4. The second-order valence-corrected chi connectivity index (χ2v) is 8.10. The van der Waals surface area contributed by atoms with Crippen LogP contribution >= 0.6 is 0 Å². The molecule has 0 fully saturated rings. The highest BCUT2D eigenvalue weighted by molar-refractivity contribution is 5.14. The summed E-state index contributed by atoms with van der Waals surface area (Å²) in [5, 5.41) is 21.1. The van der Waals surface area contributed by atoms with Gasteiger partial charge in [0.2, 0.25) is 0 Å². The minimum atomic E-state index is -0.719. The molecular weight excluding hydrogens is 352 g/mol. The van der Waals surface area contributed by atoms with E-state index in [4.69, 9.17) is 9.47 Å². The normalized spacial score (nSPS) is 15.2. The van der Waals surface area contributed by atoms with E-state index in [9.17, 15) is 10.2 Å². The average molecular weight is 387 g/mol. The van der Waals surface area contributed by atoms with Gasteiger partial charge in [0.15, 0.2) is 0 Å². The Kier molecular flexibility index (Phi) is 9.13. The van der Waals surface area contributed by atoms with E-state index >= 15 is 0 Å². The van der Waals surface area contributed by atoms with Gasteiger partial charge in [0, 0.05) is 13.0 Å². The molecule has 0 bridgehead atoms. The lowest BCUT2D eigenvalue weighted by molar-refractivity contribution is -0.0734. The zero-order valence-electron chi connectivity index (χ0n) is 17.3. The molecule has 4 heteroatoms. The summed E-state index contributed by atoms with van der Waals surface area (Å²) >= 11 is 0. The summed E-state index contributed by atoms with van der Waals surface area (Å²) in [6.07, 6.45) is -0.706. The largest absolute Gasteiger partial charge is 0.392 e. The average Bonchev–Trinajstić information content (AvgIpc) is 2.71. The van der Waals surface area contributed by atoms with Gasteiger partial charge in [0.05, 0.1) is 31.5 Å². The first kappa shape index (κ1) is 22.6. The smallest absolute Gasteiger partial charge is 0.0824 e. The van der Waals surface area contributed by atoms with Crippen LogP contribution < -0.4 is 0 Å². The number of hydrogen-bond donors (Lipinski definition) is 2. The van der Waals surface area contributed by atoms with Crippen molar-refractivity contribution >= 4 is 0 Å². The summed E-state index contributed by atoms with van der Waals surface area (Å²) in [5.41, 5.74) is 1.86. The maximum Gasteiger partial charge on any atom is 0.0824 e. The van der Waals surface area contributed by atoms with Crippen molar-refractivity contribution in [1.82, 2.24) is 0 Å². The second kappa shape index (κ2) is 11.3. The molecule has 0 aliphatic rings. The molecule has 0 heterocycles. The van der Waals surface area contributed by atoms with E-state index in [1.165, 1.54) is 0 Å². The molecule has 0 aliphatic carbocycles. The molecule has 4 nitrogen and oxygen atoms in total. The fourth-order valence-corrected chi connectivity index (χ4v) is 2.92. The highest BCUT2D eigenvalue weighted by atomic mass is 16.5. The van der Waals surface area contributed by atoms with Crippen molar-refractivity contribution in [3.8, 4) is 0 Å². The maximum atomic E-state index is 10.6. The minimum Gasteiger partial charge on any atom is -0.392 e. The van der Waals surface area contributed by atoms with Crippen molar-refractivity contribution in [3.05, 3.63) is 71.8 Å². The fraction of sp³-hybridized carbons (Fsp3) is 0.500. The van der Waals surface area contributed by atoms with Crippen LogP contribution in [0.1, 0.15) is 44.7 Å². The molecule has 2 rings (SSSR count). The summed E-state index contributed by atoms with van der Waals surface area (Å²) in [6.45, 7) is 7.44. The summed E-state index contributed by atoms with van der Waals surface area (Å²) in [5.74, 6) is 0. The van der Waals surface area contributed by atoms with Crippen LogP contribution in [0.25, 0.3) is 0 Å². The van der Waals surface area contributed by atoms with Gasteiger partial charge in [0.1, 0.15) is 0 Å². The molecule has 2 aromatic rings. The lowest BCUT2D eigenvalue weighted by Gasteiger charge is -2.33. The molecule has 2 aromatic carbocycles. The van der Waals surface area contributed by atoms with Gasteiger partial charge in [-0.2, -0.15) is 0 Å². The lowest BCUT2D eigenvalue weighted by atomic mass is 9.80. The van der Waals surface area contributed by atoms with Crippen molar-refractivity contribution in [2.45, 2.75) is 65.1 Å². The van der Waals surface area contributed by atoms with Crippen molar-refractivity contribution in [3.63, 3.8) is 0 Å². The molecule has 0 amide bonds. The van der Waals surface area contributed by atoms with Crippen LogP contribution in [0.3, 0.4) is 0 Å². The third-order valence-corrected chi connectivity index (χ3v) is 5.27. The van der Waals surface area contributed by atoms with Gasteiger partial charge in [-0.15, -0.1) is 0 Å². The summed E-state index contributed by atoms with van der Waals surface area (Å²) in [4.78, 5) is 0. The van der Waals surface area contributed by atoms with Crippen LogP contribution in [-0.4, -0.2) is 35.1 Å². The van der Waals surface area contributed by atoms with Crippen molar-refractivity contribution in [2.24, 2.45) is 5.41 Å². The number of benzene rings is 2. The van der Waals surface area contributed by atoms with Crippen LogP contribution in [0.4, 0.5) is 0 Å². The highest BCUT2D eigenvalue weighted by Crippen LogP contribution is 2.29. The zero-order valence-corrected chi connectivity index (χ0v) is 17.3. The molecule has 0 aromatic heterocycles. The first-order chi connectivity index (χ1) is 13.4. The Balaban J connectivity index is 1.70. The molecule has 0 saturated heterocycles. The maximum absolute atomic E-state index is 10.6. The quantitative estimate of drug-likeness (QED) is 0.533. The van der Waals surface area contributed by atoms with E-state index in [-0.39, 0.29) is 17.9 Å². The predicted octanol–water partition coefficient (Wildman–Crippen LogP) is 4.34. The summed E-state index contributed by atoms with van der Waals surface area (Å²) < 4.78 is 11.5. The molecule has 0 saturated carbocycles. The Morgan fingerprint density at radius 1 is 0.857 bits per heavy atom. The zero-order chi connectivity index (χ0) is 20.4. The van der Waals surface area contributed by atoms with E-state index in [0.29, 0.717) is 26.2 Å². The third kappa shape index (κ3) is 7.72. The third-order valence-electron chi connectivity index (χ3n) is 5.27. The van der Waals surface area contributed by atoms with Gasteiger partial charge in [-0.3, -0.25) is 0 Å².